The number of rotatable bonds is 68. The first kappa shape index (κ1) is 78.1. The van der Waals surface area contributed by atoms with Gasteiger partial charge in [-0.2, -0.15) is 0 Å². The topological polar surface area (TPSA) is 95.9 Å². The van der Waals surface area contributed by atoms with Crippen molar-refractivity contribution in [3.63, 3.8) is 0 Å². The average Bonchev–Trinajstić information content (AvgIpc) is 3.46. The van der Waals surface area contributed by atoms with E-state index in [1.807, 2.05) is 6.08 Å². The van der Waals surface area contributed by atoms with E-state index in [0.717, 1.165) is 51.4 Å². The Morgan fingerprint density at radius 2 is 0.637 bits per heavy atom. The predicted molar refractivity (Wildman–Crippen MR) is 352 cm³/mol. The van der Waals surface area contributed by atoms with Crippen LogP contribution in [0.5, 0.6) is 0 Å². The molecule has 472 valence electrons. The van der Waals surface area contributed by atoms with Crippen molar-refractivity contribution in [2.75, 3.05) is 13.2 Å². The number of carbonyl (C=O) groups is 2. The van der Waals surface area contributed by atoms with E-state index in [2.05, 4.69) is 43.5 Å². The van der Waals surface area contributed by atoms with Crippen molar-refractivity contribution in [1.82, 2.24) is 5.32 Å². The van der Waals surface area contributed by atoms with Crippen LogP contribution in [0, 0.1) is 0 Å². The number of allylic oxidation sites excluding steroid dienone is 5. The zero-order valence-electron chi connectivity index (χ0n) is 54.1. The van der Waals surface area contributed by atoms with Crippen LogP contribution in [0.1, 0.15) is 399 Å². The van der Waals surface area contributed by atoms with Gasteiger partial charge in [-0.3, -0.25) is 9.59 Å². The molecule has 6 nitrogen and oxygen atoms in total. The Hall–Kier alpha value is -1.92. The number of ether oxygens (including phenoxy) is 1. The minimum absolute atomic E-state index is 0.000925. The monoisotopic (exact) mass is 1120 g/mol. The Kier molecular flexibility index (Phi) is 67.9. The number of unbranched alkanes of at least 4 members (excludes halogenated alkanes) is 53. The molecule has 0 saturated heterocycles. The molecule has 2 unspecified atom stereocenters. The molecule has 6 heteroatoms. The minimum atomic E-state index is -0.846. The fourth-order valence-electron chi connectivity index (χ4n) is 11.4. The maximum atomic E-state index is 12.5. The molecule has 0 saturated carbocycles. The zero-order valence-corrected chi connectivity index (χ0v) is 54.1. The maximum Gasteiger partial charge on any atom is 0.305 e. The highest BCUT2D eigenvalue weighted by molar-refractivity contribution is 5.76. The number of aliphatic hydroxyl groups excluding tert-OH is 2. The molecule has 1 amide bonds. The van der Waals surface area contributed by atoms with Crippen LogP contribution in [0.2, 0.25) is 0 Å². The normalized spacial score (nSPS) is 12.7. The summed E-state index contributed by atoms with van der Waals surface area (Å²) < 4.78 is 5.48. The van der Waals surface area contributed by atoms with E-state index in [-0.39, 0.29) is 18.5 Å². The van der Waals surface area contributed by atoms with Gasteiger partial charge < -0.3 is 20.3 Å². The molecule has 0 aliphatic rings. The van der Waals surface area contributed by atoms with Gasteiger partial charge in [0.05, 0.1) is 25.4 Å². The summed E-state index contributed by atoms with van der Waals surface area (Å²) in [6, 6.07) is -0.629. The fourth-order valence-corrected chi connectivity index (χ4v) is 11.4. The Morgan fingerprint density at radius 1 is 0.350 bits per heavy atom. The zero-order chi connectivity index (χ0) is 57.8. The molecule has 0 aliphatic carbocycles. The van der Waals surface area contributed by atoms with Crippen molar-refractivity contribution in [1.29, 1.82) is 0 Å². The Labute approximate surface area is 500 Å². The average molecular weight is 1120 g/mol. The Morgan fingerprint density at radius 3 is 0.988 bits per heavy atom. The molecule has 0 aliphatic heterocycles. The lowest BCUT2D eigenvalue weighted by molar-refractivity contribution is -0.143. The summed E-state index contributed by atoms with van der Waals surface area (Å²) in [5, 5.41) is 23.3. The van der Waals surface area contributed by atoms with Gasteiger partial charge in [0, 0.05) is 12.8 Å². The summed E-state index contributed by atoms with van der Waals surface area (Å²) in [6.07, 6.45) is 89.4. The van der Waals surface area contributed by atoms with Crippen LogP contribution >= 0.6 is 0 Å². The van der Waals surface area contributed by atoms with Gasteiger partial charge in [0.25, 0.3) is 0 Å². The molecule has 0 aromatic rings. The lowest BCUT2D eigenvalue weighted by Gasteiger charge is -2.20. The van der Waals surface area contributed by atoms with Crippen molar-refractivity contribution >= 4 is 11.9 Å². The number of amides is 1. The van der Waals surface area contributed by atoms with Gasteiger partial charge >= 0.3 is 5.97 Å². The number of hydrogen-bond donors (Lipinski definition) is 3. The third-order valence-electron chi connectivity index (χ3n) is 16.9. The molecule has 80 heavy (non-hydrogen) atoms. The smallest absolute Gasteiger partial charge is 0.305 e. The summed E-state index contributed by atoms with van der Waals surface area (Å²) in [4.78, 5) is 24.6. The van der Waals surface area contributed by atoms with Gasteiger partial charge in [-0.15, -0.1) is 0 Å². The largest absolute Gasteiger partial charge is 0.466 e. The standard InChI is InChI=1S/C74H141NO5/c1-3-5-7-9-11-13-15-17-19-20-21-22-23-24-27-30-33-36-39-42-46-50-54-58-62-66-72(77)71(70-76)75-73(78)67-63-59-55-51-47-43-40-37-34-31-28-25-26-29-32-35-38-41-45-49-53-57-61-65-69-80-74(79)68-64-60-56-52-48-44-18-16-14-12-10-8-6-4-2/h10,12,16,18,62,66,71-72,76-77H,3-9,11,13-15,17,19-61,63-65,67-70H2,1-2H3,(H,75,78)/b12-10-,18-16-,66-62+. The molecule has 0 radical (unpaired) electrons. The fraction of sp³-hybridized carbons (Fsp3) is 0.892. The van der Waals surface area contributed by atoms with Crippen LogP contribution in [-0.4, -0.2) is 47.4 Å². The van der Waals surface area contributed by atoms with E-state index in [9.17, 15) is 19.8 Å². The van der Waals surface area contributed by atoms with Crippen molar-refractivity contribution < 1.29 is 24.5 Å². The number of aliphatic hydroxyl groups is 2. The van der Waals surface area contributed by atoms with Crippen LogP contribution in [0.15, 0.2) is 36.5 Å². The van der Waals surface area contributed by atoms with Crippen molar-refractivity contribution in [2.45, 2.75) is 411 Å². The Bertz CT molecular complexity index is 1300. The molecule has 0 aromatic heterocycles. The molecule has 0 spiro atoms. The summed E-state index contributed by atoms with van der Waals surface area (Å²) in [5.41, 5.74) is 0. The number of carbonyl (C=O) groups excluding carboxylic acids is 2. The minimum Gasteiger partial charge on any atom is -0.466 e. The molecule has 3 N–H and O–H groups in total. The lowest BCUT2D eigenvalue weighted by atomic mass is 10.0. The van der Waals surface area contributed by atoms with Crippen LogP contribution in [0.25, 0.3) is 0 Å². The van der Waals surface area contributed by atoms with Crippen LogP contribution in [0.3, 0.4) is 0 Å². The van der Waals surface area contributed by atoms with E-state index >= 15 is 0 Å². The number of esters is 1. The van der Waals surface area contributed by atoms with E-state index in [1.165, 1.54) is 321 Å². The first-order valence-electron chi connectivity index (χ1n) is 36.3. The molecular weight excluding hydrogens is 983 g/mol. The molecule has 0 rings (SSSR count). The van der Waals surface area contributed by atoms with Crippen LogP contribution < -0.4 is 5.32 Å². The van der Waals surface area contributed by atoms with E-state index in [0.29, 0.717) is 19.4 Å². The summed E-state index contributed by atoms with van der Waals surface area (Å²) in [5.74, 6) is -0.0617. The van der Waals surface area contributed by atoms with Crippen molar-refractivity contribution in [3.05, 3.63) is 36.5 Å². The summed E-state index contributed by atoms with van der Waals surface area (Å²) in [6.45, 7) is 4.89. The predicted octanol–water partition coefficient (Wildman–Crippen LogP) is 23.5. The molecule has 0 aromatic carbocycles. The van der Waals surface area contributed by atoms with Gasteiger partial charge in [-0.25, -0.2) is 0 Å². The third kappa shape index (κ3) is 65.2. The molecule has 0 bridgehead atoms. The van der Waals surface area contributed by atoms with Gasteiger partial charge in [0.15, 0.2) is 0 Å². The van der Waals surface area contributed by atoms with Gasteiger partial charge in [0.2, 0.25) is 5.91 Å². The van der Waals surface area contributed by atoms with E-state index in [4.69, 9.17) is 4.74 Å². The second-order valence-corrected chi connectivity index (χ2v) is 24.9. The van der Waals surface area contributed by atoms with Gasteiger partial charge in [0.1, 0.15) is 0 Å². The number of nitrogens with one attached hydrogen (secondary N) is 1. The first-order chi connectivity index (χ1) is 39.5. The third-order valence-corrected chi connectivity index (χ3v) is 16.9. The molecular formula is C74H141NO5. The first-order valence-corrected chi connectivity index (χ1v) is 36.3. The molecule has 0 fully saturated rings. The SMILES string of the molecule is CCCC/C=C\C/C=C\CCCCCCCC(=O)OCCCCCCCCCCCCCCCCCCCCCCCCCCC(=O)NC(CO)C(O)/C=C/CCCCCCCCCCCCCCCCCCCCCCCCC. The van der Waals surface area contributed by atoms with E-state index < -0.39 is 12.1 Å². The van der Waals surface area contributed by atoms with Crippen molar-refractivity contribution in [3.8, 4) is 0 Å². The van der Waals surface area contributed by atoms with Gasteiger partial charge in [-0.1, -0.05) is 365 Å². The molecule has 0 heterocycles. The van der Waals surface area contributed by atoms with Gasteiger partial charge in [-0.05, 0) is 57.8 Å². The van der Waals surface area contributed by atoms with E-state index in [1.54, 1.807) is 6.08 Å². The van der Waals surface area contributed by atoms with Crippen molar-refractivity contribution in [2.24, 2.45) is 0 Å². The summed E-state index contributed by atoms with van der Waals surface area (Å²) >= 11 is 0. The molecule has 2 atom stereocenters. The lowest BCUT2D eigenvalue weighted by Crippen LogP contribution is -2.45. The second-order valence-electron chi connectivity index (χ2n) is 24.9. The quantitative estimate of drug-likeness (QED) is 0.0320. The van der Waals surface area contributed by atoms with Crippen LogP contribution in [0.4, 0.5) is 0 Å². The highest BCUT2D eigenvalue weighted by atomic mass is 16.5. The second kappa shape index (κ2) is 69.6. The summed E-state index contributed by atoms with van der Waals surface area (Å²) in [7, 11) is 0. The number of hydrogen-bond acceptors (Lipinski definition) is 5. The van der Waals surface area contributed by atoms with Crippen LogP contribution in [-0.2, 0) is 14.3 Å². The Balaban J connectivity index is 3.40. The maximum absolute atomic E-state index is 12.5. The highest BCUT2D eigenvalue weighted by Gasteiger charge is 2.18. The highest BCUT2D eigenvalue weighted by Crippen LogP contribution is 2.19.